The van der Waals surface area contributed by atoms with Crippen LogP contribution in [0.2, 0.25) is 0 Å². The fourth-order valence-electron chi connectivity index (χ4n) is 2.25. The number of benzene rings is 2. The highest BCUT2D eigenvalue weighted by Crippen LogP contribution is 2.11. The third-order valence-electron chi connectivity index (χ3n) is 3.44. The van der Waals surface area contributed by atoms with Gasteiger partial charge in [0.1, 0.15) is 12.4 Å². The average molecular weight is 322 g/mol. The Morgan fingerprint density at radius 1 is 1.04 bits per heavy atom. The number of nitrogens with zero attached hydrogens (tertiary/aromatic N) is 2. The lowest BCUT2D eigenvalue weighted by Crippen LogP contribution is -2.29. The standard InChI is InChI=1S/C19H18N2O3/c22-19(16-7-3-1-4-8-16)24-18(13-21-12-11-20-15-21)14-23-17-9-5-2-6-10-17/h1-12,15,18H,13-14H2/t18-/m1/s1. The van der Waals surface area contributed by atoms with Gasteiger partial charge in [-0.05, 0) is 24.3 Å². The van der Waals surface area contributed by atoms with Crippen LogP contribution in [0.1, 0.15) is 10.4 Å². The third kappa shape index (κ3) is 4.46. The van der Waals surface area contributed by atoms with Gasteiger partial charge in [-0.1, -0.05) is 36.4 Å². The van der Waals surface area contributed by atoms with Crippen molar-refractivity contribution >= 4 is 5.97 Å². The first-order valence-electron chi connectivity index (χ1n) is 7.71. The van der Waals surface area contributed by atoms with Crippen LogP contribution in [0, 0.1) is 0 Å². The minimum atomic E-state index is -0.424. The van der Waals surface area contributed by atoms with Crippen molar-refractivity contribution in [2.75, 3.05) is 6.61 Å². The summed E-state index contributed by atoms with van der Waals surface area (Å²) in [6.07, 6.45) is 4.78. The highest BCUT2D eigenvalue weighted by Gasteiger charge is 2.17. The molecule has 0 saturated heterocycles. The van der Waals surface area contributed by atoms with Gasteiger partial charge >= 0.3 is 5.97 Å². The number of carbonyl (C=O) groups excluding carboxylic acids is 1. The molecule has 2 aromatic carbocycles. The second-order valence-electron chi connectivity index (χ2n) is 5.28. The van der Waals surface area contributed by atoms with Gasteiger partial charge in [-0.25, -0.2) is 9.78 Å². The number of hydrogen-bond donors (Lipinski definition) is 0. The maximum atomic E-state index is 12.3. The SMILES string of the molecule is O=C(O[C@@H](COc1ccccc1)Cn1ccnc1)c1ccccc1. The molecule has 24 heavy (non-hydrogen) atoms. The van der Waals surface area contributed by atoms with Gasteiger partial charge in [0.25, 0.3) is 0 Å². The Morgan fingerprint density at radius 2 is 1.75 bits per heavy atom. The van der Waals surface area contributed by atoms with E-state index in [2.05, 4.69) is 4.98 Å². The summed E-state index contributed by atoms with van der Waals surface area (Å²) in [4.78, 5) is 16.3. The van der Waals surface area contributed by atoms with Crippen LogP contribution < -0.4 is 4.74 Å². The third-order valence-corrected chi connectivity index (χ3v) is 3.44. The van der Waals surface area contributed by atoms with E-state index in [1.807, 2.05) is 59.3 Å². The fourth-order valence-corrected chi connectivity index (χ4v) is 2.25. The second-order valence-corrected chi connectivity index (χ2v) is 5.28. The van der Waals surface area contributed by atoms with Crippen molar-refractivity contribution < 1.29 is 14.3 Å². The first kappa shape index (κ1) is 15.8. The Balaban J connectivity index is 1.66. The van der Waals surface area contributed by atoms with Crippen LogP contribution in [0.15, 0.2) is 79.4 Å². The Morgan fingerprint density at radius 3 is 2.42 bits per heavy atom. The highest BCUT2D eigenvalue weighted by molar-refractivity contribution is 5.89. The van der Waals surface area contributed by atoms with Crippen molar-refractivity contribution in [2.45, 2.75) is 12.6 Å². The molecule has 0 radical (unpaired) electrons. The van der Waals surface area contributed by atoms with E-state index in [0.29, 0.717) is 12.1 Å². The molecule has 0 fully saturated rings. The van der Waals surface area contributed by atoms with Gasteiger partial charge in [-0.2, -0.15) is 0 Å². The summed E-state index contributed by atoms with van der Waals surface area (Å²) < 4.78 is 13.2. The maximum Gasteiger partial charge on any atom is 0.338 e. The van der Waals surface area contributed by atoms with E-state index in [9.17, 15) is 4.79 Å². The summed E-state index contributed by atoms with van der Waals surface area (Å²) in [5.41, 5.74) is 0.521. The molecule has 3 aromatic rings. The molecule has 1 heterocycles. The molecule has 5 heteroatoms. The molecule has 0 spiro atoms. The van der Waals surface area contributed by atoms with Crippen LogP contribution in [0.3, 0.4) is 0 Å². The summed E-state index contributed by atoms with van der Waals surface area (Å²) in [5.74, 6) is 0.376. The zero-order valence-electron chi connectivity index (χ0n) is 13.1. The van der Waals surface area contributed by atoms with E-state index < -0.39 is 6.10 Å². The van der Waals surface area contributed by atoms with Crippen LogP contribution >= 0.6 is 0 Å². The predicted molar refractivity (Wildman–Crippen MR) is 89.8 cm³/mol. The summed E-state index contributed by atoms with van der Waals surface area (Å²) in [5, 5.41) is 0. The first-order chi connectivity index (χ1) is 11.8. The van der Waals surface area contributed by atoms with Gasteiger partial charge < -0.3 is 14.0 Å². The molecule has 0 aliphatic carbocycles. The molecule has 0 bridgehead atoms. The number of esters is 1. The van der Waals surface area contributed by atoms with Crippen LogP contribution in [-0.2, 0) is 11.3 Å². The van der Waals surface area contributed by atoms with Crippen molar-refractivity contribution in [1.82, 2.24) is 9.55 Å². The van der Waals surface area contributed by atoms with Crippen molar-refractivity contribution in [2.24, 2.45) is 0 Å². The number of imidazole rings is 1. The number of aromatic nitrogens is 2. The van der Waals surface area contributed by atoms with E-state index >= 15 is 0 Å². The van der Waals surface area contributed by atoms with Crippen molar-refractivity contribution in [3.8, 4) is 5.75 Å². The molecule has 0 aliphatic heterocycles. The summed E-state index contributed by atoms with van der Waals surface area (Å²) in [7, 11) is 0. The van der Waals surface area contributed by atoms with Crippen molar-refractivity contribution in [3.05, 3.63) is 84.9 Å². The van der Waals surface area contributed by atoms with Crippen molar-refractivity contribution in [1.29, 1.82) is 0 Å². The first-order valence-corrected chi connectivity index (χ1v) is 7.71. The normalized spacial score (nSPS) is 11.7. The monoisotopic (exact) mass is 322 g/mol. The number of para-hydroxylation sites is 1. The van der Waals surface area contributed by atoms with Crippen LogP contribution in [-0.4, -0.2) is 28.2 Å². The molecule has 5 nitrogen and oxygen atoms in total. The lowest BCUT2D eigenvalue weighted by Gasteiger charge is -2.19. The molecular weight excluding hydrogens is 304 g/mol. The molecule has 0 amide bonds. The molecule has 0 unspecified atom stereocenters. The highest BCUT2D eigenvalue weighted by atomic mass is 16.6. The Hall–Kier alpha value is -3.08. The van der Waals surface area contributed by atoms with Gasteiger partial charge in [0.2, 0.25) is 0 Å². The zero-order valence-corrected chi connectivity index (χ0v) is 13.1. The summed E-state index contributed by atoms with van der Waals surface area (Å²) in [6.45, 7) is 0.742. The lowest BCUT2D eigenvalue weighted by molar-refractivity contribution is 0.0125. The van der Waals surface area contributed by atoms with Gasteiger partial charge in [0.05, 0.1) is 18.4 Å². The van der Waals surface area contributed by atoms with Crippen LogP contribution in [0.25, 0.3) is 0 Å². The predicted octanol–water partition coefficient (Wildman–Crippen LogP) is 3.19. The molecule has 1 aromatic heterocycles. The Bertz CT molecular complexity index is 743. The quantitative estimate of drug-likeness (QED) is 0.627. The van der Waals surface area contributed by atoms with Crippen LogP contribution in [0.4, 0.5) is 0 Å². The van der Waals surface area contributed by atoms with Gasteiger partial charge in [0.15, 0.2) is 6.10 Å². The second kappa shape index (κ2) is 7.97. The number of hydrogen-bond acceptors (Lipinski definition) is 4. The maximum absolute atomic E-state index is 12.3. The largest absolute Gasteiger partial charge is 0.490 e. The number of carbonyl (C=O) groups is 1. The van der Waals surface area contributed by atoms with E-state index in [4.69, 9.17) is 9.47 Å². The topological polar surface area (TPSA) is 53.4 Å². The summed E-state index contributed by atoms with van der Waals surface area (Å²) in [6, 6.07) is 18.4. The van der Waals surface area contributed by atoms with Crippen molar-refractivity contribution in [3.63, 3.8) is 0 Å². The number of rotatable bonds is 7. The van der Waals surface area contributed by atoms with E-state index in [1.54, 1.807) is 24.7 Å². The van der Waals surface area contributed by atoms with Gasteiger partial charge in [0, 0.05) is 12.4 Å². The molecule has 3 rings (SSSR count). The molecule has 0 saturated carbocycles. The molecule has 1 atom stereocenters. The Labute approximate surface area is 140 Å². The van der Waals surface area contributed by atoms with E-state index in [-0.39, 0.29) is 12.6 Å². The van der Waals surface area contributed by atoms with Gasteiger partial charge in [-0.3, -0.25) is 0 Å². The van der Waals surface area contributed by atoms with Crippen LogP contribution in [0.5, 0.6) is 5.75 Å². The van der Waals surface area contributed by atoms with Gasteiger partial charge in [-0.15, -0.1) is 0 Å². The number of ether oxygens (including phenoxy) is 2. The van der Waals surface area contributed by atoms with E-state index in [1.165, 1.54) is 0 Å². The minimum Gasteiger partial charge on any atom is -0.490 e. The molecule has 122 valence electrons. The minimum absolute atomic E-state index is 0.265. The smallest absolute Gasteiger partial charge is 0.338 e. The summed E-state index contributed by atoms with van der Waals surface area (Å²) >= 11 is 0. The average Bonchev–Trinajstić information content (AvgIpc) is 3.14. The molecule has 0 aliphatic rings. The Kier molecular flexibility index (Phi) is 5.24. The molecular formula is C19H18N2O3. The van der Waals surface area contributed by atoms with E-state index in [0.717, 1.165) is 5.75 Å². The fraction of sp³-hybridized carbons (Fsp3) is 0.158. The molecule has 0 N–H and O–H groups in total. The lowest BCUT2D eigenvalue weighted by atomic mass is 10.2. The zero-order chi connectivity index (χ0) is 16.6.